The van der Waals surface area contributed by atoms with Crippen molar-refractivity contribution >= 4 is 11.3 Å². The lowest BCUT2D eigenvalue weighted by Gasteiger charge is -2.21. The van der Waals surface area contributed by atoms with E-state index in [4.69, 9.17) is 0 Å². The van der Waals surface area contributed by atoms with Gasteiger partial charge in [-0.1, -0.05) is 25.8 Å². The van der Waals surface area contributed by atoms with Gasteiger partial charge in [0.1, 0.15) is 0 Å². The molecule has 0 bridgehead atoms. The first-order valence-corrected chi connectivity index (χ1v) is 7.43. The number of nitrogens with one attached hydrogen (secondary N) is 1. The molecule has 0 amide bonds. The van der Waals surface area contributed by atoms with Crippen LogP contribution in [0.1, 0.15) is 56.9 Å². The van der Waals surface area contributed by atoms with Crippen LogP contribution in [0.5, 0.6) is 0 Å². The third-order valence-corrected chi connectivity index (χ3v) is 4.77. The first kappa shape index (κ1) is 12.1. The van der Waals surface area contributed by atoms with Crippen molar-refractivity contribution in [2.45, 2.75) is 58.0 Å². The summed E-state index contributed by atoms with van der Waals surface area (Å²) in [7, 11) is 0. The van der Waals surface area contributed by atoms with Gasteiger partial charge in [-0.3, -0.25) is 0 Å². The van der Waals surface area contributed by atoms with Gasteiger partial charge in [-0.05, 0) is 43.6 Å². The smallest absolute Gasteiger partial charge is 0.0388 e. The minimum atomic E-state index is 0.526. The molecule has 90 valence electrons. The van der Waals surface area contributed by atoms with Gasteiger partial charge < -0.3 is 5.32 Å². The molecule has 1 fully saturated rings. The van der Waals surface area contributed by atoms with Gasteiger partial charge >= 0.3 is 0 Å². The first-order valence-electron chi connectivity index (χ1n) is 6.55. The Balaban J connectivity index is 1.84. The summed E-state index contributed by atoms with van der Waals surface area (Å²) < 4.78 is 0. The molecule has 1 heterocycles. The van der Waals surface area contributed by atoms with E-state index in [0.717, 1.165) is 12.0 Å². The van der Waals surface area contributed by atoms with Gasteiger partial charge in [-0.2, -0.15) is 0 Å². The molecule has 0 aliphatic heterocycles. The minimum Gasteiger partial charge on any atom is -0.307 e. The van der Waals surface area contributed by atoms with E-state index in [1.165, 1.54) is 37.0 Å². The Labute approximate surface area is 103 Å². The van der Waals surface area contributed by atoms with Crippen LogP contribution in [0.25, 0.3) is 0 Å². The van der Waals surface area contributed by atoms with Crippen molar-refractivity contribution < 1.29 is 0 Å². The normalized spacial score (nSPS) is 28.6. The topological polar surface area (TPSA) is 12.0 Å². The van der Waals surface area contributed by atoms with Crippen LogP contribution in [-0.2, 0) is 0 Å². The zero-order chi connectivity index (χ0) is 11.4. The highest BCUT2D eigenvalue weighted by Crippen LogP contribution is 2.25. The fourth-order valence-corrected chi connectivity index (χ4v) is 3.37. The van der Waals surface area contributed by atoms with E-state index in [2.05, 4.69) is 36.7 Å². The molecule has 16 heavy (non-hydrogen) atoms. The van der Waals surface area contributed by atoms with E-state index in [1.807, 2.05) is 11.3 Å². The number of hydrogen-bond donors (Lipinski definition) is 1. The summed E-state index contributed by atoms with van der Waals surface area (Å²) in [5.41, 5.74) is 0. The van der Waals surface area contributed by atoms with Crippen LogP contribution in [0.3, 0.4) is 0 Å². The molecule has 1 saturated carbocycles. The SMILES string of the molecule is CC1CCCC(NC(C)c2cccs2)CC1. The summed E-state index contributed by atoms with van der Waals surface area (Å²) in [5, 5.41) is 5.96. The maximum absolute atomic E-state index is 3.79. The van der Waals surface area contributed by atoms with Gasteiger partial charge in [0, 0.05) is 17.0 Å². The summed E-state index contributed by atoms with van der Waals surface area (Å²) in [4.78, 5) is 1.47. The molecule has 0 aromatic carbocycles. The zero-order valence-corrected chi connectivity index (χ0v) is 11.2. The second kappa shape index (κ2) is 5.83. The predicted octanol–water partition coefficient (Wildman–Crippen LogP) is 4.37. The standard InChI is InChI=1S/C14H23NS/c1-11-5-3-6-13(9-8-11)15-12(2)14-7-4-10-16-14/h4,7,10-13,15H,3,5-6,8-9H2,1-2H3. The molecule has 1 aliphatic carbocycles. The Hall–Kier alpha value is -0.340. The molecule has 1 aromatic heterocycles. The molecule has 3 unspecified atom stereocenters. The van der Waals surface area contributed by atoms with Crippen LogP contribution in [0, 0.1) is 5.92 Å². The van der Waals surface area contributed by atoms with E-state index in [9.17, 15) is 0 Å². The van der Waals surface area contributed by atoms with Gasteiger partial charge in [0.2, 0.25) is 0 Å². The molecule has 2 heteroatoms. The van der Waals surface area contributed by atoms with Gasteiger partial charge in [0.05, 0.1) is 0 Å². The zero-order valence-electron chi connectivity index (χ0n) is 10.4. The predicted molar refractivity (Wildman–Crippen MR) is 71.9 cm³/mol. The summed E-state index contributed by atoms with van der Waals surface area (Å²) in [6.07, 6.45) is 6.94. The molecule has 2 rings (SSSR count). The lowest BCUT2D eigenvalue weighted by Crippen LogP contribution is -2.30. The van der Waals surface area contributed by atoms with Crippen molar-refractivity contribution in [1.82, 2.24) is 5.32 Å². The molecule has 1 aromatic rings. The second-order valence-corrected chi connectivity index (χ2v) is 6.19. The van der Waals surface area contributed by atoms with Crippen molar-refractivity contribution in [2.75, 3.05) is 0 Å². The molecule has 0 spiro atoms. The monoisotopic (exact) mass is 237 g/mol. The van der Waals surface area contributed by atoms with Crippen LogP contribution in [0.4, 0.5) is 0 Å². The fraction of sp³-hybridized carbons (Fsp3) is 0.714. The van der Waals surface area contributed by atoms with E-state index >= 15 is 0 Å². The maximum Gasteiger partial charge on any atom is 0.0388 e. The van der Waals surface area contributed by atoms with E-state index < -0.39 is 0 Å². The van der Waals surface area contributed by atoms with Crippen molar-refractivity contribution in [3.8, 4) is 0 Å². The molecule has 1 aliphatic rings. The van der Waals surface area contributed by atoms with Crippen LogP contribution in [-0.4, -0.2) is 6.04 Å². The average Bonchev–Trinajstić information content (AvgIpc) is 2.72. The van der Waals surface area contributed by atoms with Gasteiger partial charge in [0.25, 0.3) is 0 Å². The quantitative estimate of drug-likeness (QED) is 0.770. The largest absolute Gasteiger partial charge is 0.307 e. The minimum absolute atomic E-state index is 0.526. The van der Waals surface area contributed by atoms with Crippen LogP contribution >= 0.6 is 11.3 Å². The lowest BCUT2D eigenvalue weighted by molar-refractivity contribution is 0.411. The lowest BCUT2D eigenvalue weighted by atomic mass is 10.0. The van der Waals surface area contributed by atoms with Crippen molar-refractivity contribution in [1.29, 1.82) is 0 Å². The third-order valence-electron chi connectivity index (χ3n) is 3.71. The molecule has 1 N–H and O–H groups in total. The van der Waals surface area contributed by atoms with Crippen LogP contribution in [0.2, 0.25) is 0 Å². The summed E-state index contributed by atoms with van der Waals surface area (Å²) in [5.74, 6) is 0.934. The van der Waals surface area contributed by atoms with E-state index in [1.54, 1.807) is 0 Å². The Morgan fingerprint density at radius 1 is 1.31 bits per heavy atom. The number of hydrogen-bond acceptors (Lipinski definition) is 2. The molecular weight excluding hydrogens is 214 g/mol. The highest BCUT2D eigenvalue weighted by Gasteiger charge is 2.18. The van der Waals surface area contributed by atoms with Crippen molar-refractivity contribution in [3.05, 3.63) is 22.4 Å². The second-order valence-electron chi connectivity index (χ2n) is 5.21. The molecule has 0 radical (unpaired) electrons. The molecular formula is C14H23NS. The fourth-order valence-electron chi connectivity index (χ4n) is 2.63. The Morgan fingerprint density at radius 2 is 2.19 bits per heavy atom. The molecule has 3 atom stereocenters. The summed E-state index contributed by atoms with van der Waals surface area (Å²) in [6.45, 7) is 4.69. The first-order chi connectivity index (χ1) is 7.75. The van der Waals surface area contributed by atoms with Gasteiger partial charge in [0.15, 0.2) is 0 Å². The van der Waals surface area contributed by atoms with Gasteiger partial charge in [-0.15, -0.1) is 11.3 Å². The molecule has 1 nitrogen and oxygen atoms in total. The third kappa shape index (κ3) is 3.33. The Morgan fingerprint density at radius 3 is 2.94 bits per heavy atom. The highest BCUT2D eigenvalue weighted by molar-refractivity contribution is 7.10. The van der Waals surface area contributed by atoms with Crippen molar-refractivity contribution in [3.63, 3.8) is 0 Å². The van der Waals surface area contributed by atoms with E-state index in [-0.39, 0.29) is 0 Å². The number of thiophene rings is 1. The van der Waals surface area contributed by atoms with Crippen LogP contribution < -0.4 is 5.32 Å². The Bertz CT molecular complexity index is 294. The van der Waals surface area contributed by atoms with Crippen molar-refractivity contribution in [2.24, 2.45) is 5.92 Å². The van der Waals surface area contributed by atoms with E-state index in [0.29, 0.717) is 6.04 Å². The average molecular weight is 237 g/mol. The Kier molecular flexibility index (Phi) is 4.42. The summed E-state index contributed by atoms with van der Waals surface area (Å²) >= 11 is 1.86. The van der Waals surface area contributed by atoms with Crippen LogP contribution in [0.15, 0.2) is 17.5 Å². The molecule has 0 saturated heterocycles. The maximum atomic E-state index is 3.79. The summed E-state index contributed by atoms with van der Waals surface area (Å²) in [6, 6.07) is 5.65. The highest BCUT2D eigenvalue weighted by atomic mass is 32.1. The number of rotatable bonds is 3. The van der Waals surface area contributed by atoms with Gasteiger partial charge in [-0.25, -0.2) is 0 Å².